The molecule has 4 aromatic carbocycles. The fourth-order valence-corrected chi connectivity index (χ4v) is 20.5. The zero-order valence-electron chi connectivity index (χ0n) is 17.5. The zero-order chi connectivity index (χ0) is 23.7. The van der Waals surface area contributed by atoms with Gasteiger partial charge in [-0.2, -0.15) is 0 Å². The van der Waals surface area contributed by atoms with Gasteiger partial charge in [-0.25, -0.2) is 0 Å². The normalized spacial score (nSPS) is 15.5. The van der Waals surface area contributed by atoms with E-state index in [1.54, 1.807) is 18.2 Å². The Labute approximate surface area is 188 Å². The molecule has 0 heterocycles. The Morgan fingerprint density at radius 1 is 0.455 bits per heavy atom. The van der Waals surface area contributed by atoms with Crippen molar-refractivity contribution in [2.45, 2.75) is 0 Å². The van der Waals surface area contributed by atoms with Crippen LogP contribution in [-0.2, 0) is 17.7 Å². The third-order valence-corrected chi connectivity index (χ3v) is 18.9. The van der Waals surface area contributed by atoms with Crippen LogP contribution in [0.3, 0.4) is 0 Å². The van der Waals surface area contributed by atoms with Crippen LogP contribution in [0.2, 0.25) is 0 Å². The summed E-state index contributed by atoms with van der Waals surface area (Å²) in [6.45, 7) is 0. The van der Waals surface area contributed by atoms with Crippen LogP contribution in [0.25, 0.3) is 0 Å². The van der Waals surface area contributed by atoms with Gasteiger partial charge in [0.05, 0.1) is 0 Å². The van der Waals surface area contributed by atoms with Gasteiger partial charge in [0.25, 0.3) is 0 Å². The van der Waals surface area contributed by atoms with Crippen molar-refractivity contribution < 1.29 is 37.9 Å². The van der Waals surface area contributed by atoms with Crippen molar-refractivity contribution in [3.8, 4) is 5.75 Å². The Kier molecular flexibility index (Phi) is 4.82. The topological polar surface area (TPSA) is 18.5 Å². The van der Waals surface area contributed by atoms with E-state index >= 15 is 16.6 Å². The molecular formula is C24H20F5O2SiZn. The van der Waals surface area contributed by atoms with Crippen LogP contribution < -0.4 is 19.1 Å². The molecule has 0 bridgehead atoms. The van der Waals surface area contributed by atoms with E-state index in [1.165, 1.54) is 91.0 Å². The quantitative estimate of drug-likeness (QED) is 0.172. The molecule has 0 aromatic heterocycles. The molecule has 0 aliphatic rings. The van der Waals surface area contributed by atoms with Crippen LogP contribution in [-0.4, -0.2) is 8.32 Å². The SMILES string of the molecule is [F][Zn]([F])([F])([F])([F])([O]c1ccccc1)[O][Si](c1ccccc1)(c1ccccc1)c1ccccc1. The van der Waals surface area contributed by atoms with Gasteiger partial charge in [-0.05, 0) is 0 Å². The average Bonchev–Trinajstić information content (AvgIpc) is 2.79. The van der Waals surface area contributed by atoms with E-state index in [2.05, 4.69) is 6.82 Å². The third kappa shape index (κ3) is 5.21. The number of rotatable bonds is 7. The number of hydrogen-bond acceptors (Lipinski definition) is 2. The van der Waals surface area contributed by atoms with Crippen molar-refractivity contribution in [3.63, 3.8) is 0 Å². The van der Waals surface area contributed by atoms with E-state index in [0.29, 0.717) is 0 Å². The van der Waals surface area contributed by atoms with E-state index in [-0.39, 0.29) is 15.6 Å². The van der Waals surface area contributed by atoms with Crippen molar-refractivity contribution in [2.24, 2.45) is 0 Å². The Hall–Kier alpha value is -2.87. The van der Waals surface area contributed by atoms with Gasteiger partial charge in [0, 0.05) is 0 Å². The van der Waals surface area contributed by atoms with Gasteiger partial charge in [0.2, 0.25) is 0 Å². The predicted octanol–water partition coefficient (Wildman–Crippen LogP) is 5.76. The van der Waals surface area contributed by atoms with Gasteiger partial charge in [-0.1, -0.05) is 0 Å². The molecule has 0 saturated carbocycles. The molecule has 0 atom stereocenters. The van der Waals surface area contributed by atoms with Crippen LogP contribution in [0.4, 0.5) is 16.6 Å². The van der Waals surface area contributed by atoms with E-state index < -0.39 is 28.5 Å². The molecule has 0 amide bonds. The van der Waals surface area contributed by atoms with Gasteiger partial charge >= 0.3 is 189 Å². The number of benzene rings is 4. The maximum atomic E-state index is 15.5. The van der Waals surface area contributed by atoms with Gasteiger partial charge < -0.3 is 0 Å². The molecule has 0 radical (unpaired) electrons. The molecule has 169 valence electrons. The first-order chi connectivity index (χ1) is 15.3. The minimum absolute atomic E-state index is 0.0119. The fourth-order valence-electron chi connectivity index (χ4n) is 4.20. The molecule has 9 heteroatoms. The van der Waals surface area contributed by atoms with Crippen molar-refractivity contribution in [2.75, 3.05) is 0 Å². The molecule has 33 heavy (non-hydrogen) atoms. The summed E-state index contributed by atoms with van der Waals surface area (Å²) in [5, 5.41) is 0.0357. The molecule has 0 fully saturated rings. The summed E-state index contributed by atoms with van der Waals surface area (Å²) in [6.07, 6.45) is 0. The van der Waals surface area contributed by atoms with Gasteiger partial charge in [0.1, 0.15) is 0 Å². The summed E-state index contributed by atoms with van der Waals surface area (Å²) in [5.41, 5.74) is 0. The maximum absolute atomic E-state index is 15.5. The number of hydrogen-bond donors (Lipinski definition) is 0. The van der Waals surface area contributed by atoms with Crippen molar-refractivity contribution >= 4 is 23.9 Å². The molecule has 0 N–H and O–H groups in total. The van der Waals surface area contributed by atoms with E-state index in [9.17, 15) is 0 Å². The molecule has 0 spiro atoms. The molecular weight excluding hydrogens is 509 g/mol. The minimum atomic E-state index is -12.9. The third-order valence-electron chi connectivity index (χ3n) is 5.33. The van der Waals surface area contributed by atoms with Crippen LogP contribution in [0, 0.1) is 0 Å². The summed E-state index contributed by atoms with van der Waals surface area (Å²) >= 11 is -12.9. The Bertz CT molecular complexity index is 1170. The van der Waals surface area contributed by atoms with E-state index in [4.69, 9.17) is 0 Å². The molecule has 0 unspecified atom stereocenters. The first-order valence-electron chi connectivity index (χ1n) is 10.7. The molecule has 0 aliphatic carbocycles. The molecule has 4 rings (SSSR count). The van der Waals surface area contributed by atoms with Crippen LogP contribution >= 0.6 is 0 Å². The van der Waals surface area contributed by atoms with Crippen LogP contribution in [0.1, 0.15) is 0 Å². The van der Waals surface area contributed by atoms with Gasteiger partial charge in [-0.15, -0.1) is 0 Å². The summed E-state index contributed by atoms with van der Waals surface area (Å²) in [4.78, 5) is 0. The first kappa shape index (κ1) is 23.3. The van der Waals surface area contributed by atoms with Crippen molar-refractivity contribution in [1.82, 2.24) is 0 Å². The van der Waals surface area contributed by atoms with E-state index in [0.717, 1.165) is 12.1 Å². The van der Waals surface area contributed by atoms with Crippen LogP contribution in [0.15, 0.2) is 121 Å². The van der Waals surface area contributed by atoms with Gasteiger partial charge in [-0.3, -0.25) is 0 Å². The summed E-state index contributed by atoms with van der Waals surface area (Å²) < 4.78 is 85.8. The van der Waals surface area contributed by atoms with Gasteiger partial charge in [0.15, 0.2) is 0 Å². The second-order valence-corrected chi connectivity index (χ2v) is 23.7. The number of halogens is 5. The molecule has 2 nitrogen and oxygen atoms in total. The zero-order valence-corrected chi connectivity index (χ0v) is 21.4. The Balaban J connectivity index is 2.06. The Morgan fingerprint density at radius 2 is 0.758 bits per heavy atom. The van der Waals surface area contributed by atoms with E-state index in [1.807, 2.05) is 0 Å². The van der Waals surface area contributed by atoms with Crippen molar-refractivity contribution in [3.05, 3.63) is 121 Å². The fraction of sp³-hybridized carbons (Fsp3) is 0. The molecule has 4 aromatic rings. The second kappa shape index (κ2) is 6.82. The molecule has 0 saturated heterocycles. The summed E-state index contributed by atoms with van der Waals surface area (Å²) in [6, 6.07) is 27.5. The summed E-state index contributed by atoms with van der Waals surface area (Å²) in [5.74, 6) is -1.03. The monoisotopic (exact) mass is 527 g/mol. The Morgan fingerprint density at radius 3 is 1.09 bits per heavy atom. The second-order valence-electron chi connectivity index (χ2n) is 8.60. The molecule has 0 aliphatic heterocycles. The van der Waals surface area contributed by atoms with Crippen molar-refractivity contribution in [1.29, 1.82) is 0 Å². The number of para-hydroxylation sites is 1. The standard InChI is InChI=1S/C18H15OSi.C6H6O.5FH.Zn/c19-20(16-10-4-1-5-11-16,17-12-6-2-7-13-17)18-14-8-3-9-15-18;7-6-4-2-1-3-5-6;;;;;;/h1-15H;1-5,7H;5*1H;/q-1;;;;;;;+7/p-6. The van der Waals surface area contributed by atoms with Crippen LogP contribution in [0.5, 0.6) is 5.75 Å². The predicted molar refractivity (Wildman–Crippen MR) is 118 cm³/mol. The first-order valence-corrected chi connectivity index (χ1v) is 20.7. The summed E-state index contributed by atoms with van der Waals surface area (Å²) in [7, 11) is -4.84. The average molecular weight is 529 g/mol.